The number of para-hydroxylation sites is 1. The molecule has 1 atom stereocenters. The molecule has 0 aliphatic carbocycles. The Balaban J connectivity index is 2.19. The van der Waals surface area contributed by atoms with Crippen LogP contribution in [0.1, 0.15) is 34.6 Å². The second kappa shape index (κ2) is 10.2. The summed E-state index contributed by atoms with van der Waals surface area (Å²) in [6.45, 7) is 7.93. The SMILES string of the molecule is CC(C)(C)OC(=O)NC(C(=O)NO)C(C)(C)CS(=O)(=O)c1ccc(Oc2ccccc2)cc1. The van der Waals surface area contributed by atoms with Gasteiger partial charge in [0.1, 0.15) is 23.1 Å². The van der Waals surface area contributed by atoms with E-state index in [1.807, 2.05) is 18.2 Å². The van der Waals surface area contributed by atoms with Crippen molar-refractivity contribution < 1.29 is 32.7 Å². The van der Waals surface area contributed by atoms with Crippen LogP contribution in [0.4, 0.5) is 4.79 Å². The number of sulfone groups is 1. The van der Waals surface area contributed by atoms with E-state index >= 15 is 0 Å². The van der Waals surface area contributed by atoms with E-state index in [0.29, 0.717) is 11.5 Å². The molecule has 2 aromatic rings. The predicted octanol–water partition coefficient (Wildman–Crippen LogP) is 3.68. The summed E-state index contributed by atoms with van der Waals surface area (Å²) in [7, 11) is -3.87. The summed E-state index contributed by atoms with van der Waals surface area (Å²) >= 11 is 0. The first-order valence-electron chi connectivity index (χ1n) is 10.2. The molecule has 0 saturated heterocycles. The van der Waals surface area contributed by atoms with Gasteiger partial charge in [0.05, 0.1) is 10.6 Å². The van der Waals surface area contributed by atoms with E-state index < -0.39 is 44.6 Å². The van der Waals surface area contributed by atoms with Crippen LogP contribution in [0, 0.1) is 5.41 Å². The Labute approximate surface area is 194 Å². The lowest BCUT2D eigenvalue weighted by molar-refractivity contribution is -0.133. The number of rotatable bonds is 8. The molecule has 0 radical (unpaired) electrons. The maximum atomic E-state index is 13.1. The summed E-state index contributed by atoms with van der Waals surface area (Å²) in [5.41, 5.74) is -0.658. The topological polar surface area (TPSA) is 131 Å². The second-order valence-corrected chi connectivity index (χ2v) is 11.2. The molecule has 9 nitrogen and oxygen atoms in total. The van der Waals surface area contributed by atoms with Crippen LogP contribution in [0.5, 0.6) is 11.5 Å². The third kappa shape index (κ3) is 7.76. The van der Waals surface area contributed by atoms with Gasteiger partial charge in [-0.25, -0.2) is 18.7 Å². The van der Waals surface area contributed by atoms with Gasteiger partial charge >= 0.3 is 6.09 Å². The molecule has 0 bridgehead atoms. The molecule has 33 heavy (non-hydrogen) atoms. The Morgan fingerprint density at radius 1 is 0.939 bits per heavy atom. The summed E-state index contributed by atoms with van der Waals surface area (Å²) in [4.78, 5) is 24.5. The molecule has 2 amide bonds. The van der Waals surface area contributed by atoms with Crippen molar-refractivity contribution in [1.82, 2.24) is 10.8 Å². The zero-order chi connectivity index (χ0) is 24.9. The first-order chi connectivity index (χ1) is 15.2. The Bertz CT molecular complexity index is 1060. The van der Waals surface area contributed by atoms with Crippen LogP contribution in [0.15, 0.2) is 59.5 Å². The minimum Gasteiger partial charge on any atom is -0.457 e. The van der Waals surface area contributed by atoms with Crippen molar-refractivity contribution in [2.24, 2.45) is 5.41 Å². The highest BCUT2D eigenvalue weighted by Gasteiger charge is 2.41. The van der Waals surface area contributed by atoms with Gasteiger partial charge < -0.3 is 14.8 Å². The number of ether oxygens (including phenoxy) is 2. The summed E-state index contributed by atoms with van der Waals surface area (Å²) in [6, 6.07) is 13.5. The number of carbonyl (C=O) groups is 2. The second-order valence-electron chi connectivity index (χ2n) is 9.19. The summed E-state index contributed by atoms with van der Waals surface area (Å²) in [5, 5.41) is 11.5. The van der Waals surface area contributed by atoms with Gasteiger partial charge in [0.15, 0.2) is 9.84 Å². The Hall–Kier alpha value is -3.11. The van der Waals surface area contributed by atoms with Gasteiger partial charge in [-0.2, -0.15) is 0 Å². The van der Waals surface area contributed by atoms with E-state index in [1.54, 1.807) is 32.9 Å². The highest BCUT2D eigenvalue weighted by atomic mass is 32.2. The molecule has 0 aliphatic heterocycles. The Kier molecular flexibility index (Phi) is 8.10. The quantitative estimate of drug-likeness (QED) is 0.390. The molecule has 0 heterocycles. The average molecular weight is 479 g/mol. The number of nitrogens with one attached hydrogen (secondary N) is 2. The van der Waals surface area contributed by atoms with Crippen molar-refractivity contribution in [2.45, 2.75) is 51.2 Å². The van der Waals surface area contributed by atoms with Crippen LogP contribution in [0.25, 0.3) is 0 Å². The van der Waals surface area contributed by atoms with Crippen molar-refractivity contribution in [2.75, 3.05) is 5.75 Å². The zero-order valence-electron chi connectivity index (χ0n) is 19.3. The van der Waals surface area contributed by atoms with Gasteiger partial charge in [-0.3, -0.25) is 10.0 Å². The molecule has 180 valence electrons. The molecular formula is C23H30N2O7S. The molecule has 0 spiro atoms. The van der Waals surface area contributed by atoms with Gasteiger partial charge in [-0.05, 0) is 57.2 Å². The van der Waals surface area contributed by atoms with Gasteiger partial charge in [-0.15, -0.1) is 0 Å². The van der Waals surface area contributed by atoms with Crippen LogP contribution < -0.4 is 15.5 Å². The fraction of sp³-hybridized carbons (Fsp3) is 0.391. The van der Waals surface area contributed by atoms with Crippen molar-refractivity contribution >= 4 is 21.8 Å². The van der Waals surface area contributed by atoms with Crippen LogP contribution in [-0.2, 0) is 19.4 Å². The van der Waals surface area contributed by atoms with E-state index in [1.165, 1.54) is 43.6 Å². The van der Waals surface area contributed by atoms with E-state index in [9.17, 15) is 18.0 Å². The van der Waals surface area contributed by atoms with Crippen LogP contribution in [0.3, 0.4) is 0 Å². The molecule has 3 N–H and O–H groups in total. The molecule has 2 rings (SSSR count). The lowest BCUT2D eigenvalue weighted by atomic mass is 9.86. The van der Waals surface area contributed by atoms with Crippen molar-refractivity contribution in [3.8, 4) is 11.5 Å². The highest BCUT2D eigenvalue weighted by molar-refractivity contribution is 7.91. The van der Waals surface area contributed by atoms with Crippen molar-refractivity contribution in [1.29, 1.82) is 0 Å². The minimum absolute atomic E-state index is 0.0245. The average Bonchev–Trinajstić information content (AvgIpc) is 2.70. The molecule has 10 heteroatoms. The van der Waals surface area contributed by atoms with Gasteiger partial charge in [0.2, 0.25) is 0 Å². The van der Waals surface area contributed by atoms with E-state index in [0.717, 1.165) is 0 Å². The van der Waals surface area contributed by atoms with Crippen LogP contribution in [0.2, 0.25) is 0 Å². The molecule has 0 aromatic heterocycles. The van der Waals surface area contributed by atoms with Gasteiger partial charge in [0.25, 0.3) is 5.91 Å². The molecule has 1 unspecified atom stereocenters. The highest BCUT2D eigenvalue weighted by Crippen LogP contribution is 2.29. The minimum atomic E-state index is -3.87. The lowest BCUT2D eigenvalue weighted by Gasteiger charge is -2.33. The number of amides is 2. The Morgan fingerprint density at radius 3 is 2.00 bits per heavy atom. The maximum absolute atomic E-state index is 13.1. The molecule has 0 fully saturated rings. The van der Waals surface area contributed by atoms with Gasteiger partial charge in [-0.1, -0.05) is 32.0 Å². The fourth-order valence-corrected chi connectivity index (χ4v) is 4.97. The van der Waals surface area contributed by atoms with E-state index in [-0.39, 0.29) is 4.90 Å². The molecule has 0 saturated carbocycles. The van der Waals surface area contributed by atoms with Crippen molar-refractivity contribution in [3.63, 3.8) is 0 Å². The maximum Gasteiger partial charge on any atom is 0.408 e. The number of hydroxylamine groups is 1. The molecule has 0 aliphatic rings. The lowest BCUT2D eigenvalue weighted by Crippen LogP contribution is -2.56. The summed E-state index contributed by atoms with van der Waals surface area (Å²) < 4.78 is 37.0. The monoisotopic (exact) mass is 478 g/mol. The summed E-state index contributed by atoms with van der Waals surface area (Å²) in [6.07, 6.45) is -0.913. The number of carbonyl (C=O) groups excluding carboxylic acids is 2. The zero-order valence-corrected chi connectivity index (χ0v) is 20.1. The third-order valence-corrected chi connectivity index (χ3v) is 6.65. The number of hydrogen-bond donors (Lipinski definition) is 3. The van der Waals surface area contributed by atoms with Crippen LogP contribution >= 0.6 is 0 Å². The standard InChI is InChI=1S/C23H30N2O7S/c1-22(2,3)32-21(27)24-19(20(26)25-28)23(4,5)15-33(29,30)18-13-11-17(12-14-18)31-16-9-7-6-8-10-16/h6-14,19,28H,15H2,1-5H3,(H,24,27)(H,25,26). The number of hydrogen-bond acceptors (Lipinski definition) is 7. The largest absolute Gasteiger partial charge is 0.457 e. The normalized spacial score (nSPS) is 13.0. The smallest absolute Gasteiger partial charge is 0.408 e. The summed E-state index contributed by atoms with van der Waals surface area (Å²) in [5.74, 6) is -0.385. The predicted molar refractivity (Wildman–Crippen MR) is 122 cm³/mol. The fourth-order valence-electron chi connectivity index (χ4n) is 3.10. The molecular weight excluding hydrogens is 448 g/mol. The van der Waals surface area contributed by atoms with E-state index in [4.69, 9.17) is 14.7 Å². The first kappa shape index (κ1) is 26.1. The number of alkyl carbamates (subject to hydrolysis) is 1. The Morgan fingerprint density at radius 2 is 1.48 bits per heavy atom. The van der Waals surface area contributed by atoms with Crippen LogP contribution in [-0.4, -0.2) is 43.0 Å². The van der Waals surface area contributed by atoms with E-state index in [2.05, 4.69) is 5.32 Å². The third-order valence-electron chi connectivity index (χ3n) is 4.54. The molecule has 2 aromatic carbocycles. The van der Waals surface area contributed by atoms with Gasteiger partial charge in [0, 0.05) is 5.41 Å². The van der Waals surface area contributed by atoms with Crippen molar-refractivity contribution in [3.05, 3.63) is 54.6 Å². The first-order valence-corrected chi connectivity index (χ1v) is 11.9. The number of benzene rings is 2.